The third-order valence-corrected chi connectivity index (χ3v) is 4.35. The summed E-state index contributed by atoms with van der Waals surface area (Å²) in [6.07, 6.45) is 1.78. The van der Waals surface area contributed by atoms with E-state index in [-0.39, 0.29) is 11.9 Å². The van der Waals surface area contributed by atoms with Crippen LogP contribution in [-0.2, 0) is 0 Å². The zero-order chi connectivity index (χ0) is 17.2. The molecule has 0 aliphatic carbocycles. The van der Waals surface area contributed by atoms with Crippen LogP contribution in [0.2, 0.25) is 0 Å². The number of H-pyrrole nitrogens is 1. The molecule has 2 aromatic heterocycles. The van der Waals surface area contributed by atoms with Gasteiger partial charge in [0.2, 0.25) is 0 Å². The van der Waals surface area contributed by atoms with E-state index in [1.165, 1.54) is 12.1 Å². The molecule has 2 heterocycles. The molecule has 4 heteroatoms. The molecule has 1 atom stereocenters. The monoisotopic (exact) mass is 331 g/mol. The van der Waals surface area contributed by atoms with Crippen molar-refractivity contribution in [1.82, 2.24) is 9.97 Å². The van der Waals surface area contributed by atoms with Gasteiger partial charge in [-0.05, 0) is 43.3 Å². The molecule has 2 N–H and O–H groups in total. The van der Waals surface area contributed by atoms with Crippen LogP contribution in [0, 0.1) is 12.7 Å². The maximum absolute atomic E-state index is 13.6. The Morgan fingerprint density at radius 2 is 1.84 bits per heavy atom. The lowest BCUT2D eigenvalue weighted by Crippen LogP contribution is -2.14. The minimum atomic E-state index is -0.264. The first-order valence-corrected chi connectivity index (χ1v) is 8.22. The molecule has 0 saturated heterocycles. The second-order valence-corrected chi connectivity index (χ2v) is 6.05. The van der Waals surface area contributed by atoms with E-state index in [1.54, 1.807) is 12.3 Å². The van der Waals surface area contributed by atoms with Gasteiger partial charge in [0.1, 0.15) is 5.82 Å². The predicted molar refractivity (Wildman–Crippen MR) is 99.1 cm³/mol. The largest absolute Gasteiger partial charge is 0.373 e. The molecule has 0 amide bonds. The Morgan fingerprint density at radius 3 is 2.64 bits per heavy atom. The average molecular weight is 331 g/mol. The van der Waals surface area contributed by atoms with Crippen molar-refractivity contribution in [2.75, 3.05) is 5.32 Å². The Labute approximate surface area is 145 Å². The number of nitrogens with zero attached hydrogens (tertiary/aromatic N) is 1. The molecule has 0 radical (unpaired) electrons. The third-order valence-electron chi connectivity index (χ3n) is 4.35. The van der Waals surface area contributed by atoms with E-state index in [4.69, 9.17) is 0 Å². The van der Waals surface area contributed by atoms with Gasteiger partial charge in [0.25, 0.3) is 0 Å². The van der Waals surface area contributed by atoms with Gasteiger partial charge in [0.15, 0.2) is 0 Å². The number of aromatic amines is 1. The van der Waals surface area contributed by atoms with Crippen LogP contribution in [0.3, 0.4) is 0 Å². The van der Waals surface area contributed by atoms with Gasteiger partial charge in [-0.15, -0.1) is 0 Å². The highest BCUT2D eigenvalue weighted by atomic mass is 19.1. The Kier molecular flexibility index (Phi) is 3.94. The van der Waals surface area contributed by atoms with E-state index in [1.807, 2.05) is 36.4 Å². The van der Waals surface area contributed by atoms with Crippen LogP contribution in [0.25, 0.3) is 10.9 Å². The molecule has 0 aliphatic heterocycles. The zero-order valence-electron chi connectivity index (χ0n) is 13.8. The lowest BCUT2D eigenvalue weighted by Gasteiger charge is -2.20. The predicted octanol–water partition coefficient (Wildman–Crippen LogP) is 5.21. The molecule has 4 aromatic rings. The van der Waals surface area contributed by atoms with Crippen molar-refractivity contribution in [2.45, 2.75) is 13.0 Å². The highest BCUT2D eigenvalue weighted by molar-refractivity contribution is 5.86. The summed E-state index contributed by atoms with van der Waals surface area (Å²) in [4.78, 5) is 7.96. The van der Waals surface area contributed by atoms with Crippen molar-refractivity contribution < 1.29 is 4.39 Å². The van der Waals surface area contributed by atoms with Crippen LogP contribution in [0.1, 0.15) is 23.0 Å². The highest BCUT2D eigenvalue weighted by Crippen LogP contribution is 2.33. The molecular formula is C21H18FN3. The summed E-state index contributed by atoms with van der Waals surface area (Å²) < 4.78 is 13.6. The summed E-state index contributed by atoms with van der Waals surface area (Å²) in [6.45, 7) is 2.05. The number of para-hydroxylation sites is 1. The first-order chi connectivity index (χ1) is 12.2. The fraction of sp³-hybridized carbons (Fsp3) is 0.0952. The van der Waals surface area contributed by atoms with Crippen molar-refractivity contribution in [1.29, 1.82) is 0 Å². The molecule has 0 fully saturated rings. The summed E-state index contributed by atoms with van der Waals surface area (Å²) in [5.41, 5.74) is 4.89. The van der Waals surface area contributed by atoms with Crippen LogP contribution in [0.5, 0.6) is 0 Å². The number of hydrogen-bond donors (Lipinski definition) is 2. The number of nitrogens with one attached hydrogen (secondary N) is 2. The Morgan fingerprint density at radius 1 is 1.00 bits per heavy atom. The summed E-state index contributed by atoms with van der Waals surface area (Å²) >= 11 is 0. The van der Waals surface area contributed by atoms with Gasteiger partial charge < -0.3 is 10.3 Å². The normalized spacial score (nSPS) is 12.2. The number of halogens is 1. The molecular weight excluding hydrogens is 313 g/mol. The minimum absolute atomic E-state index is 0.181. The lowest BCUT2D eigenvalue weighted by atomic mass is 9.99. The number of anilines is 1. The van der Waals surface area contributed by atoms with Crippen molar-refractivity contribution >= 4 is 16.6 Å². The fourth-order valence-corrected chi connectivity index (χ4v) is 3.26. The van der Waals surface area contributed by atoms with Gasteiger partial charge >= 0.3 is 0 Å². The zero-order valence-corrected chi connectivity index (χ0v) is 13.8. The van der Waals surface area contributed by atoms with E-state index in [2.05, 4.69) is 34.3 Å². The average Bonchev–Trinajstić information content (AvgIpc) is 2.96. The van der Waals surface area contributed by atoms with E-state index < -0.39 is 0 Å². The van der Waals surface area contributed by atoms with Gasteiger partial charge in [-0.25, -0.2) is 4.39 Å². The van der Waals surface area contributed by atoms with Gasteiger partial charge in [-0.3, -0.25) is 4.98 Å². The molecule has 25 heavy (non-hydrogen) atoms. The van der Waals surface area contributed by atoms with Gasteiger partial charge in [-0.2, -0.15) is 0 Å². The maximum atomic E-state index is 13.6. The standard InChI is InChI=1S/C21H18FN3/c1-14-20(17-9-2-3-10-18(17)24-14)21(19-11-4-5-12-23-19)25-16-8-6-7-15(22)13-16/h2-13,21,24-25H,1H3/t21-/m0/s1. The second-order valence-electron chi connectivity index (χ2n) is 6.05. The number of pyridine rings is 1. The number of aromatic nitrogens is 2. The topological polar surface area (TPSA) is 40.7 Å². The number of aryl methyl sites for hydroxylation is 1. The first-order valence-electron chi connectivity index (χ1n) is 8.22. The lowest BCUT2D eigenvalue weighted by molar-refractivity contribution is 0.628. The molecule has 4 rings (SSSR count). The van der Waals surface area contributed by atoms with Crippen molar-refractivity contribution in [2.24, 2.45) is 0 Å². The Balaban J connectivity index is 1.87. The molecule has 0 bridgehead atoms. The second kappa shape index (κ2) is 6.40. The molecule has 0 unspecified atom stereocenters. The van der Waals surface area contributed by atoms with Crippen LogP contribution in [-0.4, -0.2) is 9.97 Å². The Bertz CT molecular complexity index is 1010. The van der Waals surface area contributed by atoms with E-state index >= 15 is 0 Å². The van der Waals surface area contributed by atoms with Crippen molar-refractivity contribution in [3.8, 4) is 0 Å². The maximum Gasteiger partial charge on any atom is 0.125 e. The summed E-state index contributed by atoms with van der Waals surface area (Å²) in [7, 11) is 0. The fourth-order valence-electron chi connectivity index (χ4n) is 3.26. The first kappa shape index (κ1) is 15.4. The number of fused-ring (bicyclic) bond motifs is 1. The van der Waals surface area contributed by atoms with Gasteiger partial charge in [-0.1, -0.05) is 30.3 Å². The van der Waals surface area contributed by atoms with Crippen molar-refractivity contribution in [3.63, 3.8) is 0 Å². The summed E-state index contributed by atoms with van der Waals surface area (Å²) in [5.74, 6) is -0.264. The number of benzene rings is 2. The quantitative estimate of drug-likeness (QED) is 0.539. The summed E-state index contributed by atoms with van der Waals surface area (Å²) in [6, 6.07) is 20.4. The summed E-state index contributed by atoms with van der Waals surface area (Å²) in [5, 5.41) is 4.59. The molecule has 2 aromatic carbocycles. The van der Waals surface area contributed by atoms with Crippen LogP contribution < -0.4 is 5.32 Å². The Hall–Kier alpha value is -3.14. The van der Waals surface area contributed by atoms with E-state index in [0.717, 1.165) is 33.5 Å². The van der Waals surface area contributed by atoms with Gasteiger partial charge in [0.05, 0.1) is 11.7 Å². The third kappa shape index (κ3) is 2.98. The molecule has 0 saturated carbocycles. The smallest absolute Gasteiger partial charge is 0.125 e. The molecule has 0 aliphatic rings. The molecule has 124 valence electrons. The molecule has 0 spiro atoms. The van der Waals surface area contributed by atoms with Gasteiger partial charge in [0, 0.05) is 34.0 Å². The minimum Gasteiger partial charge on any atom is -0.373 e. The van der Waals surface area contributed by atoms with Crippen molar-refractivity contribution in [3.05, 3.63) is 95.7 Å². The number of hydrogen-bond acceptors (Lipinski definition) is 2. The number of rotatable bonds is 4. The van der Waals surface area contributed by atoms with Crippen LogP contribution in [0.15, 0.2) is 72.9 Å². The van der Waals surface area contributed by atoms with Crippen LogP contribution >= 0.6 is 0 Å². The molecule has 3 nitrogen and oxygen atoms in total. The van der Waals surface area contributed by atoms with Crippen LogP contribution in [0.4, 0.5) is 10.1 Å². The van der Waals surface area contributed by atoms with E-state index in [9.17, 15) is 4.39 Å². The van der Waals surface area contributed by atoms with E-state index in [0.29, 0.717) is 0 Å². The SMILES string of the molecule is Cc1[nH]c2ccccc2c1[C@@H](Nc1cccc(F)c1)c1ccccn1. The highest BCUT2D eigenvalue weighted by Gasteiger charge is 2.21.